The first-order valence-corrected chi connectivity index (χ1v) is 14.9. The molecule has 0 saturated heterocycles. The molecule has 1 heterocycles. The van der Waals surface area contributed by atoms with Gasteiger partial charge in [-0.1, -0.05) is 18.2 Å². The Morgan fingerprint density at radius 1 is 1.00 bits per heavy atom. The van der Waals surface area contributed by atoms with Crippen molar-refractivity contribution in [2.45, 2.75) is 32.6 Å². The van der Waals surface area contributed by atoms with E-state index in [2.05, 4.69) is 27.2 Å². The second kappa shape index (κ2) is 13.0. The smallest absolute Gasteiger partial charge is 0.289 e. The first-order valence-electron chi connectivity index (χ1n) is 13.5. The zero-order valence-corrected chi connectivity index (χ0v) is 26.0. The number of nitro benzene ring substituents is 1. The molecular weight excluding hydrogens is 586 g/mol. The van der Waals surface area contributed by atoms with Crippen molar-refractivity contribution in [3.8, 4) is 17.2 Å². The van der Waals surface area contributed by atoms with E-state index in [1.54, 1.807) is 0 Å². The molecule has 1 amide bonds. The third-order valence-corrected chi connectivity index (χ3v) is 8.99. The van der Waals surface area contributed by atoms with Gasteiger partial charge in [-0.05, 0) is 75.2 Å². The van der Waals surface area contributed by atoms with Crippen LogP contribution in [0, 0.1) is 37.8 Å². The number of ether oxygens (including phenoxy) is 2. The second-order valence-corrected chi connectivity index (χ2v) is 11.8. The number of nitrogens with zero attached hydrogens (tertiary/aromatic N) is 4. The van der Waals surface area contributed by atoms with Gasteiger partial charge in [-0.15, -0.1) is 0 Å². The molecule has 0 aliphatic heterocycles. The fourth-order valence-electron chi connectivity index (χ4n) is 4.76. The van der Waals surface area contributed by atoms with E-state index in [1.165, 1.54) is 56.3 Å². The second-order valence-electron chi connectivity index (χ2n) is 10.00. The lowest BCUT2D eigenvalue weighted by atomic mass is 10.1. The Morgan fingerprint density at radius 3 is 2.39 bits per heavy atom. The summed E-state index contributed by atoms with van der Waals surface area (Å²) >= 11 is 0. The minimum atomic E-state index is -4.65. The van der Waals surface area contributed by atoms with Crippen LogP contribution < -0.4 is 19.2 Å². The number of nitro groups is 1. The number of anilines is 1. The van der Waals surface area contributed by atoms with Crippen LogP contribution in [0.3, 0.4) is 0 Å². The van der Waals surface area contributed by atoms with Crippen molar-refractivity contribution in [2.75, 3.05) is 25.1 Å². The number of sulfonamides is 1. The summed E-state index contributed by atoms with van der Waals surface area (Å²) in [5.41, 5.74) is 7.67. The number of hydrazone groups is 1. The van der Waals surface area contributed by atoms with Gasteiger partial charge in [0.05, 0.1) is 31.0 Å². The van der Waals surface area contributed by atoms with Crippen molar-refractivity contribution >= 4 is 33.5 Å². The molecule has 230 valence electrons. The van der Waals surface area contributed by atoms with Gasteiger partial charge in [0.25, 0.3) is 21.6 Å². The van der Waals surface area contributed by atoms with Crippen LogP contribution >= 0.6 is 0 Å². The molecule has 4 rings (SSSR count). The molecule has 1 N–H and O–H groups in total. The van der Waals surface area contributed by atoms with Crippen LogP contribution in [0.15, 0.2) is 76.7 Å². The number of rotatable bonds is 11. The monoisotopic (exact) mass is 619 g/mol. The van der Waals surface area contributed by atoms with Crippen LogP contribution in [-0.2, 0) is 14.8 Å². The number of carbonyl (C=O) groups excluding carboxylic acids is 1. The van der Waals surface area contributed by atoms with Crippen LogP contribution in [0.5, 0.6) is 11.5 Å². The van der Waals surface area contributed by atoms with Crippen molar-refractivity contribution in [1.29, 1.82) is 0 Å². The topological polar surface area (TPSA) is 145 Å². The quantitative estimate of drug-likeness (QED) is 0.142. The highest BCUT2D eigenvalue weighted by Gasteiger charge is 2.34. The largest absolute Gasteiger partial charge is 0.497 e. The van der Waals surface area contributed by atoms with E-state index in [4.69, 9.17) is 9.47 Å². The predicted octanol–water partition coefficient (Wildman–Crippen LogP) is 4.98. The normalized spacial score (nSPS) is 11.4. The van der Waals surface area contributed by atoms with E-state index in [9.17, 15) is 23.3 Å². The first-order chi connectivity index (χ1) is 20.9. The van der Waals surface area contributed by atoms with Crippen LogP contribution in [-0.4, -0.2) is 50.8 Å². The highest BCUT2D eigenvalue weighted by molar-refractivity contribution is 7.93. The van der Waals surface area contributed by atoms with Gasteiger partial charge in [-0.25, -0.2) is 13.8 Å². The maximum Gasteiger partial charge on any atom is 0.289 e. The fraction of sp³-hybridized carbons (Fsp3) is 0.226. The Kier molecular flexibility index (Phi) is 9.38. The Balaban J connectivity index is 1.66. The molecule has 44 heavy (non-hydrogen) atoms. The van der Waals surface area contributed by atoms with Crippen LogP contribution in [0.2, 0.25) is 0 Å². The number of amides is 1. The summed E-state index contributed by atoms with van der Waals surface area (Å²) in [4.78, 5) is 23.5. The third-order valence-electron chi connectivity index (χ3n) is 7.18. The van der Waals surface area contributed by atoms with E-state index < -0.39 is 38.0 Å². The molecular formula is C31H33N5O7S. The van der Waals surface area contributed by atoms with Crippen LogP contribution in [0.1, 0.15) is 28.1 Å². The van der Waals surface area contributed by atoms with E-state index in [0.717, 1.165) is 44.6 Å². The average molecular weight is 620 g/mol. The van der Waals surface area contributed by atoms with Gasteiger partial charge in [0.2, 0.25) is 0 Å². The Bertz CT molecular complexity index is 1870. The van der Waals surface area contributed by atoms with Gasteiger partial charge < -0.3 is 14.0 Å². The van der Waals surface area contributed by atoms with Crippen molar-refractivity contribution in [3.63, 3.8) is 0 Å². The highest BCUT2D eigenvalue weighted by atomic mass is 32.2. The Morgan fingerprint density at radius 2 is 1.73 bits per heavy atom. The summed E-state index contributed by atoms with van der Waals surface area (Å²) in [6.07, 6.45) is 1.48. The molecule has 13 heteroatoms. The van der Waals surface area contributed by atoms with Crippen molar-refractivity contribution in [3.05, 3.63) is 105 Å². The molecule has 0 aliphatic carbocycles. The molecule has 0 unspecified atom stereocenters. The van der Waals surface area contributed by atoms with Gasteiger partial charge in [0, 0.05) is 34.8 Å². The molecule has 3 aromatic carbocycles. The minimum Gasteiger partial charge on any atom is -0.497 e. The fourth-order valence-corrected chi connectivity index (χ4v) is 6.35. The minimum absolute atomic E-state index is 0.0254. The van der Waals surface area contributed by atoms with Crippen molar-refractivity contribution in [2.24, 2.45) is 5.10 Å². The van der Waals surface area contributed by atoms with Crippen LogP contribution in [0.25, 0.3) is 5.69 Å². The number of hydrogen-bond donors (Lipinski definition) is 1. The maximum absolute atomic E-state index is 13.9. The maximum atomic E-state index is 13.9. The summed E-state index contributed by atoms with van der Waals surface area (Å²) in [6, 6.07) is 17.3. The third kappa shape index (κ3) is 6.42. The number of hydrogen-bond acceptors (Lipinski definition) is 8. The average Bonchev–Trinajstić information content (AvgIpc) is 3.29. The molecule has 12 nitrogen and oxygen atoms in total. The highest BCUT2D eigenvalue weighted by Crippen LogP contribution is 2.37. The Hall–Kier alpha value is -5.17. The molecule has 1 aromatic heterocycles. The standard InChI is InChI=1S/C31H33N5O7S/c1-20-11-12-25(15-21(20)2)35-22(3)16-24(23(35)4)18-32-33-31(37)19-34(27-14-13-26(42-5)17-29(27)43-6)44(40,41)30-10-8-7-9-28(30)36(38)39/h7-18H,19H2,1-6H3,(H,33,37)/b32-18-. The van der Waals surface area contributed by atoms with E-state index in [1.807, 2.05) is 39.8 Å². The molecule has 0 bridgehead atoms. The van der Waals surface area contributed by atoms with Gasteiger partial charge in [0.1, 0.15) is 18.0 Å². The SMILES string of the molecule is COc1ccc(N(CC(=O)N/N=C\c2cc(C)n(-c3ccc(C)c(C)c3)c2C)S(=O)(=O)c2ccccc2[N+](=O)[O-])c(OC)c1. The zero-order valence-electron chi connectivity index (χ0n) is 25.2. The molecule has 0 spiro atoms. The predicted molar refractivity (Wildman–Crippen MR) is 168 cm³/mol. The van der Waals surface area contributed by atoms with Gasteiger partial charge in [0.15, 0.2) is 4.90 Å². The van der Waals surface area contributed by atoms with Crippen molar-refractivity contribution in [1.82, 2.24) is 9.99 Å². The van der Waals surface area contributed by atoms with Gasteiger partial charge >= 0.3 is 0 Å². The first kappa shape index (κ1) is 31.8. The van der Waals surface area contributed by atoms with Gasteiger partial charge in [-0.2, -0.15) is 5.10 Å². The summed E-state index contributed by atoms with van der Waals surface area (Å²) in [6.45, 7) is 7.24. The van der Waals surface area contributed by atoms with E-state index in [-0.39, 0.29) is 11.4 Å². The Labute approximate surface area is 255 Å². The number of aromatic nitrogens is 1. The zero-order chi connectivity index (χ0) is 32.2. The number of para-hydroxylation sites is 1. The number of methoxy groups -OCH3 is 2. The lowest BCUT2D eigenvalue weighted by molar-refractivity contribution is -0.387. The molecule has 4 aromatic rings. The number of nitrogens with one attached hydrogen (secondary N) is 1. The number of aryl methyl sites for hydroxylation is 3. The van der Waals surface area contributed by atoms with Crippen molar-refractivity contribution < 1.29 is 27.6 Å². The summed E-state index contributed by atoms with van der Waals surface area (Å²) in [7, 11) is -1.89. The molecule has 0 aliphatic rings. The van der Waals surface area contributed by atoms with Gasteiger partial charge in [-0.3, -0.25) is 19.2 Å². The lowest BCUT2D eigenvalue weighted by Crippen LogP contribution is -2.40. The summed E-state index contributed by atoms with van der Waals surface area (Å²) in [5, 5.41) is 15.8. The number of benzene rings is 3. The van der Waals surface area contributed by atoms with E-state index in [0.29, 0.717) is 5.75 Å². The van der Waals surface area contributed by atoms with Crippen LogP contribution in [0.4, 0.5) is 11.4 Å². The lowest BCUT2D eigenvalue weighted by Gasteiger charge is -2.25. The summed E-state index contributed by atoms with van der Waals surface area (Å²) < 4.78 is 41.2. The van der Waals surface area contributed by atoms with E-state index >= 15 is 0 Å². The molecule has 0 saturated carbocycles. The summed E-state index contributed by atoms with van der Waals surface area (Å²) in [5.74, 6) is -0.341. The molecule has 0 fully saturated rings. The molecule has 0 radical (unpaired) electrons. The number of carbonyl (C=O) groups is 1. The molecule has 0 atom stereocenters.